The van der Waals surface area contributed by atoms with E-state index in [4.69, 9.17) is 10.3 Å². The van der Waals surface area contributed by atoms with Crippen molar-refractivity contribution >= 4 is 27.7 Å². The molecule has 0 saturated carbocycles. The molecular weight excluding hydrogens is 282 g/mol. The molecule has 0 radical (unpaired) electrons. The fraction of sp³-hybridized carbons (Fsp3) is 0.182. The highest BCUT2D eigenvalue weighted by Crippen LogP contribution is 2.18. The Morgan fingerprint density at radius 1 is 1.30 bits per heavy atom. The molecule has 0 atom stereocenters. The van der Waals surface area contributed by atoms with E-state index in [1.165, 1.54) is 18.2 Å². The van der Waals surface area contributed by atoms with Gasteiger partial charge in [-0.25, -0.2) is 0 Å². The molecule has 0 aliphatic heterocycles. The van der Waals surface area contributed by atoms with Crippen LogP contribution in [0.15, 0.2) is 29.2 Å². The Balaban J connectivity index is 2.33. The molecule has 0 saturated heterocycles. The predicted octanol–water partition coefficient (Wildman–Crippen LogP) is 1.01. The second-order valence-corrected chi connectivity index (χ2v) is 5.34. The highest BCUT2D eigenvalue weighted by Gasteiger charge is 2.10. The zero-order valence-electron chi connectivity index (χ0n) is 10.6. The number of nitrogens with one attached hydrogen (secondary N) is 1. The summed E-state index contributed by atoms with van der Waals surface area (Å²) in [7, 11) is -4.26. The van der Waals surface area contributed by atoms with Gasteiger partial charge >= 0.3 is 0 Å². The Morgan fingerprint density at radius 2 is 2.05 bits per heavy atom. The van der Waals surface area contributed by atoms with E-state index in [1.807, 2.05) is 6.92 Å². The smallest absolute Gasteiger partial charge is 0.294 e. The van der Waals surface area contributed by atoms with Crippen LogP contribution in [0.2, 0.25) is 0 Å². The minimum atomic E-state index is -4.26. The molecule has 0 aliphatic rings. The van der Waals surface area contributed by atoms with Gasteiger partial charge in [0.25, 0.3) is 10.1 Å². The van der Waals surface area contributed by atoms with Gasteiger partial charge in [-0.1, -0.05) is 13.0 Å². The zero-order valence-corrected chi connectivity index (χ0v) is 11.4. The van der Waals surface area contributed by atoms with Crippen LogP contribution in [0.1, 0.15) is 12.7 Å². The standard InChI is InChI=1S/C11H13N5O3S/c1-2-9-14-10(12)16-11(15-9)13-7-4-3-5-8(6-7)20(17,18)19/h3-6H,2H2,1H3,(H,17,18,19)(H3,12,13,14,15,16). The number of aromatic nitrogens is 3. The summed E-state index contributed by atoms with van der Waals surface area (Å²) < 4.78 is 31.1. The molecule has 0 aliphatic carbocycles. The van der Waals surface area contributed by atoms with Gasteiger partial charge < -0.3 is 11.1 Å². The predicted molar refractivity (Wildman–Crippen MR) is 73.2 cm³/mol. The van der Waals surface area contributed by atoms with E-state index < -0.39 is 10.1 Å². The van der Waals surface area contributed by atoms with Crippen LogP contribution >= 0.6 is 0 Å². The average molecular weight is 295 g/mol. The van der Waals surface area contributed by atoms with Gasteiger partial charge in [0.15, 0.2) is 0 Å². The number of aryl methyl sites for hydroxylation is 1. The molecule has 2 aromatic rings. The van der Waals surface area contributed by atoms with Crippen LogP contribution in [-0.4, -0.2) is 27.9 Å². The molecule has 4 N–H and O–H groups in total. The Labute approximate surface area is 115 Å². The van der Waals surface area contributed by atoms with Crippen LogP contribution < -0.4 is 11.1 Å². The summed E-state index contributed by atoms with van der Waals surface area (Å²) >= 11 is 0. The Morgan fingerprint density at radius 3 is 2.70 bits per heavy atom. The Bertz CT molecular complexity index is 733. The van der Waals surface area contributed by atoms with Crippen molar-refractivity contribution < 1.29 is 13.0 Å². The number of hydrogen-bond donors (Lipinski definition) is 3. The topological polar surface area (TPSA) is 131 Å². The van der Waals surface area contributed by atoms with E-state index in [0.717, 1.165) is 0 Å². The van der Waals surface area contributed by atoms with Crippen LogP contribution in [0.25, 0.3) is 0 Å². The molecule has 1 aromatic heterocycles. The van der Waals surface area contributed by atoms with Crippen molar-refractivity contribution in [2.45, 2.75) is 18.2 Å². The lowest BCUT2D eigenvalue weighted by Gasteiger charge is -2.07. The van der Waals surface area contributed by atoms with Crippen molar-refractivity contribution in [2.75, 3.05) is 11.1 Å². The lowest BCUT2D eigenvalue weighted by molar-refractivity contribution is 0.483. The van der Waals surface area contributed by atoms with E-state index in [2.05, 4.69) is 20.3 Å². The molecule has 0 spiro atoms. The van der Waals surface area contributed by atoms with Gasteiger partial charge in [-0.05, 0) is 18.2 Å². The van der Waals surface area contributed by atoms with Crippen LogP contribution in [0.4, 0.5) is 17.6 Å². The maximum atomic E-state index is 11.1. The molecule has 9 heteroatoms. The minimum absolute atomic E-state index is 0.0743. The third-order valence-electron chi connectivity index (χ3n) is 2.40. The molecule has 0 bridgehead atoms. The monoisotopic (exact) mass is 295 g/mol. The highest BCUT2D eigenvalue weighted by molar-refractivity contribution is 7.85. The summed E-state index contributed by atoms with van der Waals surface area (Å²) in [6.07, 6.45) is 0.590. The number of benzene rings is 1. The lowest BCUT2D eigenvalue weighted by atomic mass is 10.3. The van der Waals surface area contributed by atoms with Crippen LogP contribution in [0.3, 0.4) is 0 Å². The molecule has 8 nitrogen and oxygen atoms in total. The third-order valence-corrected chi connectivity index (χ3v) is 3.25. The number of rotatable bonds is 4. The number of nitrogen functional groups attached to an aromatic ring is 1. The van der Waals surface area contributed by atoms with E-state index in [0.29, 0.717) is 17.9 Å². The summed E-state index contributed by atoms with van der Waals surface area (Å²) in [5, 5.41) is 2.81. The zero-order chi connectivity index (χ0) is 14.8. The van der Waals surface area contributed by atoms with Crippen molar-refractivity contribution in [3.05, 3.63) is 30.1 Å². The summed E-state index contributed by atoms with van der Waals surface area (Å²) in [4.78, 5) is 11.7. The summed E-state index contributed by atoms with van der Waals surface area (Å²) in [6, 6.07) is 5.64. The van der Waals surface area contributed by atoms with Gasteiger partial charge in [-0.15, -0.1) is 0 Å². The number of nitrogens with zero attached hydrogens (tertiary/aromatic N) is 3. The van der Waals surface area contributed by atoms with E-state index in [9.17, 15) is 8.42 Å². The van der Waals surface area contributed by atoms with Gasteiger partial charge in [0, 0.05) is 12.1 Å². The van der Waals surface area contributed by atoms with Crippen molar-refractivity contribution in [3.63, 3.8) is 0 Å². The molecule has 20 heavy (non-hydrogen) atoms. The molecule has 0 unspecified atom stereocenters. The number of hydrogen-bond acceptors (Lipinski definition) is 7. The van der Waals surface area contributed by atoms with Crippen molar-refractivity contribution in [1.82, 2.24) is 15.0 Å². The molecule has 0 amide bonds. The normalized spacial score (nSPS) is 11.3. The lowest BCUT2D eigenvalue weighted by Crippen LogP contribution is -2.07. The average Bonchev–Trinajstić information content (AvgIpc) is 2.37. The van der Waals surface area contributed by atoms with Crippen LogP contribution in [0, 0.1) is 0 Å². The second kappa shape index (κ2) is 5.39. The third kappa shape index (κ3) is 3.39. The molecule has 1 heterocycles. The van der Waals surface area contributed by atoms with Gasteiger partial charge in [0.2, 0.25) is 11.9 Å². The van der Waals surface area contributed by atoms with Crippen molar-refractivity contribution in [1.29, 1.82) is 0 Å². The van der Waals surface area contributed by atoms with E-state index in [-0.39, 0.29) is 16.8 Å². The van der Waals surface area contributed by atoms with Gasteiger partial charge in [0.1, 0.15) is 5.82 Å². The maximum absolute atomic E-state index is 11.1. The highest BCUT2D eigenvalue weighted by atomic mass is 32.2. The Kier molecular flexibility index (Phi) is 3.81. The molecule has 1 aromatic carbocycles. The van der Waals surface area contributed by atoms with Gasteiger partial charge in [-0.3, -0.25) is 4.55 Å². The first kappa shape index (κ1) is 14.2. The number of anilines is 3. The number of nitrogens with two attached hydrogens (primary N) is 1. The fourth-order valence-corrected chi connectivity index (χ4v) is 2.04. The maximum Gasteiger partial charge on any atom is 0.294 e. The molecule has 2 rings (SSSR count). The largest absolute Gasteiger partial charge is 0.368 e. The summed E-state index contributed by atoms with van der Waals surface area (Å²) in [5.41, 5.74) is 5.96. The SMILES string of the molecule is CCc1nc(N)nc(Nc2cccc(S(=O)(=O)O)c2)n1. The second-order valence-electron chi connectivity index (χ2n) is 3.91. The molecule has 0 fully saturated rings. The van der Waals surface area contributed by atoms with Crippen LogP contribution in [0.5, 0.6) is 0 Å². The first-order valence-electron chi connectivity index (χ1n) is 5.73. The van der Waals surface area contributed by atoms with Crippen molar-refractivity contribution in [2.24, 2.45) is 0 Å². The minimum Gasteiger partial charge on any atom is -0.368 e. The van der Waals surface area contributed by atoms with Gasteiger partial charge in [0.05, 0.1) is 4.90 Å². The van der Waals surface area contributed by atoms with Crippen molar-refractivity contribution in [3.8, 4) is 0 Å². The molecular formula is C11H13N5O3S. The fourth-order valence-electron chi connectivity index (χ4n) is 1.52. The van der Waals surface area contributed by atoms with E-state index in [1.54, 1.807) is 6.07 Å². The summed E-state index contributed by atoms with van der Waals surface area (Å²) in [5.74, 6) is 0.804. The first-order chi connectivity index (χ1) is 9.38. The quantitative estimate of drug-likeness (QED) is 0.712. The van der Waals surface area contributed by atoms with E-state index >= 15 is 0 Å². The van der Waals surface area contributed by atoms with Crippen LogP contribution in [-0.2, 0) is 16.5 Å². The molecule has 106 valence electrons. The Hall–Kier alpha value is -2.26. The first-order valence-corrected chi connectivity index (χ1v) is 7.17. The van der Waals surface area contributed by atoms with Gasteiger partial charge in [-0.2, -0.15) is 23.4 Å². The summed E-state index contributed by atoms with van der Waals surface area (Å²) in [6.45, 7) is 1.87.